The summed E-state index contributed by atoms with van der Waals surface area (Å²) in [4.78, 5) is 2.40. The first-order valence-corrected chi connectivity index (χ1v) is 12.9. The van der Waals surface area contributed by atoms with Crippen LogP contribution in [0.2, 0.25) is 0 Å². The highest BCUT2D eigenvalue weighted by Crippen LogP contribution is 2.42. The van der Waals surface area contributed by atoms with Crippen LogP contribution in [0.5, 0.6) is 0 Å². The maximum atomic E-state index is 3.98. The third kappa shape index (κ3) is 5.18. The quantitative estimate of drug-likeness (QED) is 0.354. The molecule has 2 aromatic carbocycles. The molecule has 0 aliphatic heterocycles. The molecule has 0 spiro atoms. The van der Waals surface area contributed by atoms with E-state index >= 15 is 0 Å². The highest BCUT2D eigenvalue weighted by atomic mass is 15.1. The summed E-state index contributed by atoms with van der Waals surface area (Å²) in [6, 6.07) is 17.9. The second-order valence-corrected chi connectivity index (χ2v) is 10.1. The molecule has 0 N–H and O–H groups in total. The molecular weight excluding hydrogens is 398 g/mol. The van der Waals surface area contributed by atoms with E-state index in [2.05, 4.69) is 120 Å². The minimum absolute atomic E-state index is 0.230. The minimum atomic E-state index is 0.230. The van der Waals surface area contributed by atoms with E-state index in [1.807, 2.05) is 6.08 Å². The summed E-state index contributed by atoms with van der Waals surface area (Å²) in [5.74, 6) is 0.592. The SMILES string of the molecule is C=Cc1cccc(N(C2=CCC(C(C)(CC)CC)C=C2)c2ccc(C(C)(CC)CC)cc2)c1. The van der Waals surface area contributed by atoms with Gasteiger partial charge in [0, 0.05) is 17.1 Å². The Bertz CT molecular complexity index is 983. The van der Waals surface area contributed by atoms with Crippen molar-refractivity contribution in [2.45, 2.75) is 79.1 Å². The zero-order chi connectivity index (χ0) is 24.1. The van der Waals surface area contributed by atoms with Crippen molar-refractivity contribution in [3.05, 3.63) is 90.2 Å². The van der Waals surface area contributed by atoms with Crippen LogP contribution in [0, 0.1) is 11.3 Å². The molecular formula is C32H43N. The summed E-state index contributed by atoms with van der Waals surface area (Å²) >= 11 is 0. The Hall–Kier alpha value is -2.54. The molecule has 0 saturated heterocycles. The minimum Gasteiger partial charge on any atom is -0.311 e. The van der Waals surface area contributed by atoms with E-state index in [9.17, 15) is 0 Å². The Balaban J connectivity index is 2.01. The smallest absolute Gasteiger partial charge is 0.0467 e. The van der Waals surface area contributed by atoms with Crippen molar-refractivity contribution >= 4 is 17.5 Å². The van der Waals surface area contributed by atoms with Gasteiger partial charge in [-0.3, -0.25) is 0 Å². The Kier molecular flexibility index (Phi) is 8.05. The third-order valence-electron chi connectivity index (χ3n) is 8.60. The van der Waals surface area contributed by atoms with Crippen LogP contribution in [0.3, 0.4) is 0 Å². The first-order valence-electron chi connectivity index (χ1n) is 12.9. The van der Waals surface area contributed by atoms with E-state index in [1.54, 1.807) is 0 Å². The molecule has 1 aliphatic rings. The summed E-state index contributed by atoms with van der Waals surface area (Å²) in [5.41, 5.74) is 6.79. The van der Waals surface area contributed by atoms with E-state index in [0.717, 1.165) is 24.8 Å². The maximum Gasteiger partial charge on any atom is 0.0467 e. The molecule has 0 radical (unpaired) electrons. The van der Waals surface area contributed by atoms with Crippen molar-refractivity contribution in [1.29, 1.82) is 0 Å². The predicted octanol–water partition coefficient (Wildman–Crippen LogP) is 9.83. The molecule has 0 amide bonds. The lowest BCUT2D eigenvalue weighted by Gasteiger charge is -2.37. The molecule has 1 unspecified atom stereocenters. The topological polar surface area (TPSA) is 3.24 Å². The normalized spacial score (nSPS) is 16.4. The van der Waals surface area contributed by atoms with Crippen molar-refractivity contribution in [3.63, 3.8) is 0 Å². The van der Waals surface area contributed by atoms with Gasteiger partial charge in [-0.05, 0) is 77.5 Å². The van der Waals surface area contributed by atoms with Crippen LogP contribution >= 0.6 is 0 Å². The zero-order valence-corrected chi connectivity index (χ0v) is 21.7. The Labute approximate surface area is 202 Å². The van der Waals surface area contributed by atoms with Crippen LogP contribution in [-0.4, -0.2) is 0 Å². The fourth-order valence-corrected chi connectivity index (χ4v) is 4.98. The molecule has 0 fully saturated rings. The molecule has 0 saturated carbocycles. The molecule has 1 nitrogen and oxygen atoms in total. The molecule has 1 aliphatic carbocycles. The third-order valence-corrected chi connectivity index (χ3v) is 8.60. The van der Waals surface area contributed by atoms with Crippen molar-refractivity contribution in [3.8, 4) is 0 Å². The standard InChI is InChI=1S/C32H43N/c1-8-25-14-13-15-30(24-25)33(28-20-16-26(17-21-28)31(6,9-2)10-3)29-22-18-27(19-23-29)32(7,11-4)12-5/h8,13-18,20-24,27H,1,9-12,19H2,2-7H3. The van der Waals surface area contributed by atoms with E-state index < -0.39 is 0 Å². The summed E-state index contributed by atoms with van der Waals surface area (Å²) in [7, 11) is 0. The number of rotatable bonds is 10. The van der Waals surface area contributed by atoms with Crippen LogP contribution in [0.15, 0.2) is 79.0 Å². The monoisotopic (exact) mass is 441 g/mol. The van der Waals surface area contributed by atoms with E-state index in [1.165, 1.54) is 35.5 Å². The average molecular weight is 442 g/mol. The van der Waals surface area contributed by atoms with E-state index in [-0.39, 0.29) is 5.41 Å². The fourth-order valence-electron chi connectivity index (χ4n) is 4.98. The molecule has 0 bridgehead atoms. The first kappa shape index (κ1) is 25.1. The van der Waals surface area contributed by atoms with Crippen LogP contribution < -0.4 is 4.90 Å². The summed E-state index contributed by atoms with van der Waals surface area (Å²) in [6.07, 6.45) is 15.0. The van der Waals surface area contributed by atoms with Crippen molar-refractivity contribution in [2.75, 3.05) is 4.90 Å². The van der Waals surface area contributed by atoms with Gasteiger partial charge in [0.1, 0.15) is 0 Å². The Morgan fingerprint density at radius 2 is 1.58 bits per heavy atom. The molecule has 1 heteroatoms. The van der Waals surface area contributed by atoms with Gasteiger partial charge in [0.15, 0.2) is 0 Å². The van der Waals surface area contributed by atoms with Gasteiger partial charge in [-0.15, -0.1) is 0 Å². The summed E-state index contributed by atoms with van der Waals surface area (Å²) < 4.78 is 0. The van der Waals surface area contributed by atoms with E-state index in [0.29, 0.717) is 11.3 Å². The second-order valence-electron chi connectivity index (χ2n) is 10.1. The number of allylic oxidation sites excluding steroid dienone is 3. The van der Waals surface area contributed by atoms with Gasteiger partial charge >= 0.3 is 0 Å². The molecule has 3 rings (SSSR count). The first-order chi connectivity index (χ1) is 15.8. The number of anilines is 2. The van der Waals surface area contributed by atoms with Crippen LogP contribution in [0.4, 0.5) is 11.4 Å². The van der Waals surface area contributed by atoms with Gasteiger partial charge in [0.05, 0.1) is 0 Å². The maximum absolute atomic E-state index is 3.98. The number of benzene rings is 2. The molecule has 1 atom stereocenters. The van der Waals surface area contributed by atoms with Crippen LogP contribution in [-0.2, 0) is 5.41 Å². The second kappa shape index (κ2) is 10.6. The van der Waals surface area contributed by atoms with Crippen LogP contribution in [0.25, 0.3) is 6.08 Å². The highest BCUT2D eigenvalue weighted by Gasteiger charge is 2.30. The lowest BCUT2D eigenvalue weighted by molar-refractivity contribution is 0.208. The molecule has 2 aromatic rings. The predicted molar refractivity (Wildman–Crippen MR) is 147 cm³/mol. The number of nitrogens with zero attached hydrogens (tertiary/aromatic N) is 1. The van der Waals surface area contributed by atoms with Gasteiger partial charge in [-0.25, -0.2) is 0 Å². The summed E-state index contributed by atoms with van der Waals surface area (Å²) in [6.45, 7) is 18.0. The highest BCUT2D eigenvalue weighted by molar-refractivity contribution is 5.72. The number of hydrogen-bond donors (Lipinski definition) is 0. The molecule has 0 heterocycles. The van der Waals surface area contributed by atoms with E-state index in [4.69, 9.17) is 0 Å². The van der Waals surface area contributed by atoms with Gasteiger partial charge in [0.25, 0.3) is 0 Å². The average Bonchev–Trinajstić information content (AvgIpc) is 2.88. The van der Waals surface area contributed by atoms with Gasteiger partial charge in [-0.1, -0.05) is 103 Å². The lowest BCUT2D eigenvalue weighted by atomic mass is 9.70. The van der Waals surface area contributed by atoms with Crippen LogP contribution in [0.1, 0.15) is 84.8 Å². The number of hydrogen-bond acceptors (Lipinski definition) is 1. The van der Waals surface area contributed by atoms with Crippen molar-refractivity contribution < 1.29 is 0 Å². The van der Waals surface area contributed by atoms with Crippen molar-refractivity contribution in [1.82, 2.24) is 0 Å². The summed E-state index contributed by atoms with van der Waals surface area (Å²) in [5, 5.41) is 0. The van der Waals surface area contributed by atoms with Gasteiger partial charge in [0.2, 0.25) is 0 Å². The molecule has 176 valence electrons. The van der Waals surface area contributed by atoms with Gasteiger partial charge < -0.3 is 4.90 Å². The van der Waals surface area contributed by atoms with Crippen molar-refractivity contribution in [2.24, 2.45) is 11.3 Å². The zero-order valence-electron chi connectivity index (χ0n) is 21.7. The fraction of sp³-hybridized carbons (Fsp3) is 0.438. The lowest BCUT2D eigenvalue weighted by Crippen LogP contribution is -2.27. The largest absolute Gasteiger partial charge is 0.311 e. The molecule has 33 heavy (non-hydrogen) atoms. The van der Waals surface area contributed by atoms with Gasteiger partial charge in [-0.2, -0.15) is 0 Å². The Morgan fingerprint density at radius 1 is 0.909 bits per heavy atom. The Morgan fingerprint density at radius 3 is 2.09 bits per heavy atom. The molecule has 0 aromatic heterocycles.